The maximum atomic E-state index is 8.91. The molecular formula is C6H12N4O. The van der Waals surface area contributed by atoms with Crippen LogP contribution < -0.4 is 0 Å². The summed E-state index contributed by atoms with van der Waals surface area (Å²) in [6.07, 6.45) is 0.639. The lowest BCUT2D eigenvalue weighted by Gasteiger charge is -2.18. The first kappa shape index (κ1) is 8.13. The lowest BCUT2D eigenvalue weighted by atomic mass is 9.90. The highest BCUT2D eigenvalue weighted by Crippen LogP contribution is 2.17. The van der Waals surface area contributed by atoms with Crippen LogP contribution in [0.25, 0.3) is 0 Å². The molecule has 0 bridgehead atoms. The Balaban J connectivity index is 2.56. The number of aliphatic hydroxyl groups is 1. The predicted octanol–water partition coefficient (Wildman–Crippen LogP) is -0.239. The first-order valence-electron chi connectivity index (χ1n) is 3.47. The zero-order valence-corrected chi connectivity index (χ0v) is 6.70. The summed E-state index contributed by atoms with van der Waals surface area (Å²) in [4.78, 5) is 0. The van der Waals surface area contributed by atoms with Gasteiger partial charge in [0.15, 0.2) is 5.82 Å². The van der Waals surface area contributed by atoms with Crippen LogP contribution in [-0.4, -0.2) is 32.3 Å². The molecule has 11 heavy (non-hydrogen) atoms. The van der Waals surface area contributed by atoms with Gasteiger partial charge in [-0.3, -0.25) is 0 Å². The van der Waals surface area contributed by atoms with Crippen LogP contribution >= 0.6 is 0 Å². The van der Waals surface area contributed by atoms with Crippen molar-refractivity contribution in [2.24, 2.45) is 5.41 Å². The molecule has 5 heteroatoms. The minimum atomic E-state index is -0.163. The number of nitrogens with zero attached hydrogens (tertiary/aromatic N) is 3. The van der Waals surface area contributed by atoms with E-state index < -0.39 is 0 Å². The van der Waals surface area contributed by atoms with Crippen molar-refractivity contribution in [1.29, 1.82) is 0 Å². The van der Waals surface area contributed by atoms with Crippen LogP contribution in [-0.2, 0) is 6.42 Å². The number of nitrogens with one attached hydrogen (secondary N) is 1. The van der Waals surface area contributed by atoms with E-state index in [-0.39, 0.29) is 12.0 Å². The van der Waals surface area contributed by atoms with Gasteiger partial charge in [-0.05, 0) is 5.41 Å². The number of rotatable bonds is 3. The number of aromatic nitrogens is 4. The largest absolute Gasteiger partial charge is 0.396 e. The van der Waals surface area contributed by atoms with Crippen LogP contribution in [0.1, 0.15) is 19.7 Å². The third kappa shape index (κ3) is 2.27. The number of H-pyrrole nitrogens is 1. The highest BCUT2D eigenvalue weighted by molar-refractivity contribution is 4.84. The summed E-state index contributed by atoms with van der Waals surface area (Å²) in [6.45, 7) is 4.02. The zero-order valence-electron chi connectivity index (χ0n) is 6.70. The normalized spacial score (nSPS) is 11.9. The Morgan fingerprint density at radius 3 is 2.73 bits per heavy atom. The van der Waals surface area contributed by atoms with Crippen LogP contribution in [0.4, 0.5) is 0 Å². The lowest BCUT2D eigenvalue weighted by molar-refractivity contribution is 0.157. The summed E-state index contributed by atoms with van der Waals surface area (Å²) in [5, 5.41) is 22.3. The Labute approximate surface area is 64.8 Å². The summed E-state index contributed by atoms with van der Waals surface area (Å²) in [5.41, 5.74) is -0.163. The van der Waals surface area contributed by atoms with Gasteiger partial charge >= 0.3 is 0 Å². The molecule has 0 spiro atoms. The van der Waals surface area contributed by atoms with Gasteiger partial charge < -0.3 is 5.11 Å². The van der Waals surface area contributed by atoms with Gasteiger partial charge in [-0.25, -0.2) is 0 Å². The summed E-state index contributed by atoms with van der Waals surface area (Å²) < 4.78 is 0. The molecule has 2 N–H and O–H groups in total. The minimum Gasteiger partial charge on any atom is -0.396 e. The molecule has 1 heterocycles. The summed E-state index contributed by atoms with van der Waals surface area (Å²) >= 11 is 0. The number of aliphatic hydroxyl groups excluding tert-OH is 1. The Morgan fingerprint density at radius 2 is 2.27 bits per heavy atom. The van der Waals surface area contributed by atoms with Crippen molar-refractivity contribution in [2.75, 3.05) is 6.61 Å². The molecule has 0 saturated heterocycles. The first-order valence-corrected chi connectivity index (χ1v) is 3.47. The fraction of sp³-hybridized carbons (Fsp3) is 0.833. The van der Waals surface area contributed by atoms with E-state index in [0.717, 1.165) is 0 Å². The van der Waals surface area contributed by atoms with Gasteiger partial charge in [0.25, 0.3) is 0 Å². The second kappa shape index (κ2) is 2.96. The predicted molar refractivity (Wildman–Crippen MR) is 38.7 cm³/mol. The van der Waals surface area contributed by atoms with Crippen molar-refractivity contribution in [3.05, 3.63) is 5.82 Å². The highest BCUT2D eigenvalue weighted by atomic mass is 16.3. The molecule has 1 aromatic heterocycles. The van der Waals surface area contributed by atoms with Crippen LogP contribution in [0.5, 0.6) is 0 Å². The van der Waals surface area contributed by atoms with Crippen molar-refractivity contribution >= 4 is 0 Å². The number of tetrazole rings is 1. The molecular weight excluding hydrogens is 144 g/mol. The molecule has 5 nitrogen and oxygen atoms in total. The number of aromatic amines is 1. The lowest BCUT2D eigenvalue weighted by Crippen LogP contribution is -2.20. The van der Waals surface area contributed by atoms with Crippen LogP contribution in [0.2, 0.25) is 0 Å². The van der Waals surface area contributed by atoms with Crippen molar-refractivity contribution in [2.45, 2.75) is 20.3 Å². The molecule has 0 amide bonds. The van der Waals surface area contributed by atoms with Crippen LogP contribution in [0, 0.1) is 5.41 Å². The highest BCUT2D eigenvalue weighted by Gasteiger charge is 2.19. The molecule has 0 radical (unpaired) electrons. The molecule has 0 aromatic carbocycles. The second-order valence-corrected chi connectivity index (χ2v) is 3.33. The maximum Gasteiger partial charge on any atom is 0.175 e. The van der Waals surface area contributed by atoms with E-state index in [1.54, 1.807) is 0 Å². The van der Waals surface area contributed by atoms with Gasteiger partial charge in [0.2, 0.25) is 0 Å². The molecule has 0 unspecified atom stereocenters. The average Bonchev–Trinajstić information content (AvgIpc) is 2.39. The summed E-state index contributed by atoms with van der Waals surface area (Å²) in [6, 6.07) is 0. The molecule has 0 aliphatic carbocycles. The summed E-state index contributed by atoms with van der Waals surface area (Å²) in [5.74, 6) is 0.643. The van der Waals surface area contributed by atoms with Gasteiger partial charge in [0.1, 0.15) is 0 Å². The number of hydrogen-bond donors (Lipinski definition) is 2. The van der Waals surface area contributed by atoms with E-state index in [9.17, 15) is 0 Å². The fourth-order valence-corrected chi connectivity index (χ4v) is 0.741. The van der Waals surface area contributed by atoms with Gasteiger partial charge in [-0.2, -0.15) is 5.21 Å². The fourth-order valence-electron chi connectivity index (χ4n) is 0.741. The Kier molecular flexibility index (Phi) is 2.19. The van der Waals surface area contributed by atoms with E-state index in [1.165, 1.54) is 0 Å². The quantitative estimate of drug-likeness (QED) is 0.633. The van der Waals surface area contributed by atoms with E-state index in [4.69, 9.17) is 5.11 Å². The Hall–Kier alpha value is -0.970. The van der Waals surface area contributed by atoms with E-state index in [2.05, 4.69) is 20.6 Å². The zero-order chi connectivity index (χ0) is 8.32. The van der Waals surface area contributed by atoms with Gasteiger partial charge in [0, 0.05) is 13.0 Å². The van der Waals surface area contributed by atoms with Crippen LogP contribution in [0.15, 0.2) is 0 Å². The monoisotopic (exact) mass is 156 g/mol. The molecule has 0 aliphatic rings. The standard InChI is InChI=1S/C6H12N4O/c1-6(2,4-11)3-5-7-9-10-8-5/h11H,3-4H2,1-2H3,(H,7,8,9,10). The molecule has 62 valence electrons. The van der Waals surface area contributed by atoms with Crippen molar-refractivity contribution in [3.63, 3.8) is 0 Å². The topological polar surface area (TPSA) is 74.7 Å². The van der Waals surface area contributed by atoms with Gasteiger partial charge in [0.05, 0.1) is 0 Å². The molecule has 0 atom stereocenters. The van der Waals surface area contributed by atoms with Crippen molar-refractivity contribution in [3.8, 4) is 0 Å². The smallest absolute Gasteiger partial charge is 0.175 e. The first-order chi connectivity index (χ1) is 5.14. The summed E-state index contributed by atoms with van der Waals surface area (Å²) in [7, 11) is 0. The maximum absolute atomic E-state index is 8.91. The molecule has 1 rings (SSSR count). The Morgan fingerprint density at radius 1 is 1.55 bits per heavy atom. The second-order valence-electron chi connectivity index (χ2n) is 3.33. The Bertz CT molecular complexity index is 206. The minimum absolute atomic E-state index is 0.127. The molecule has 1 aromatic rings. The molecule has 0 aliphatic heterocycles. The number of hydrogen-bond acceptors (Lipinski definition) is 4. The van der Waals surface area contributed by atoms with Gasteiger partial charge in [-0.1, -0.05) is 19.1 Å². The third-order valence-corrected chi connectivity index (χ3v) is 1.45. The van der Waals surface area contributed by atoms with E-state index in [1.807, 2.05) is 13.8 Å². The van der Waals surface area contributed by atoms with Crippen molar-refractivity contribution in [1.82, 2.24) is 20.6 Å². The van der Waals surface area contributed by atoms with Crippen molar-refractivity contribution < 1.29 is 5.11 Å². The molecule has 0 fully saturated rings. The SMILES string of the molecule is CC(C)(CO)Cc1nn[nH]n1. The van der Waals surface area contributed by atoms with Crippen LogP contribution in [0.3, 0.4) is 0 Å². The molecule has 0 saturated carbocycles. The van der Waals surface area contributed by atoms with E-state index in [0.29, 0.717) is 12.2 Å². The third-order valence-electron chi connectivity index (χ3n) is 1.45. The van der Waals surface area contributed by atoms with E-state index >= 15 is 0 Å². The average molecular weight is 156 g/mol. The van der Waals surface area contributed by atoms with Gasteiger partial charge in [-0.15, -0.1) is 10.2 Å².